The minimum atomic E-state index is -0.0808. The van der Waals surface area contributed by atoms with Crippen LogP contribution in [0, 0.1) is 6.92 Å². The lowest BCUT2D eigenvalue weighted by molar-refractivity contribution is 0.0191. The van der Waals surface area contributed by atoms with Crippen LogP contribution in [0.5, 0.6) is 5.75 Å². The average molecular weight is 492 g/mol. The fraction of sp³-hybridized carbons (Fsp3) is 0.500. The van der Waals surface area contributed by atoms with Gasteiger partial charge in [-0.15, -0.1) is 0 Å². The molecule has 36 heavy (non-hydrogen) atoms. The van der Waals surface area contributed by atoms with Gasteiger partial charge in [0.15, 0.2) is 5.78 Å². The Morgan fingerprint density at radius 1 is 1.25 bits per heavy atom. The highest BCUT2D eigenvalue weighted by atomic mass is 16.5. The molecule has 0 saturated carbocycles. The summed E-state index contributed by atoms with van der Waals surface area (Å²) in [5, 5.41) is 9.85. The number of carbonyl (C=O) groups is 1. The number of carbonyl (C=O) groups excluding carboxylic acids is 1. The Hall–Kier alpha value is -2.94. The number of aromatic nitrogens is 2. The Balaban J connectivity index is 1.37. The highest BCUT2D eigenvalue weighted by molar-refractivity contribution is 6.17. The van der Waals surface area contributed by atoms with Crippen molar-refractivity contribution in [3.05, 3.63) is 58.4 Å². The second kappa shape index (κ2) is 11.0. The fourth-order valence-electron chi connectivity index (χ4n) is 5.39. The number of H-pyrrole nitrogens is 1. The SMILES string of the molecule is C/C=C\C(NN1CCOCC1)=C1\C(=O)c2c(-c3ccc(OCCN4CCCC4)c(C)c3)n[nH]c2C1C. The van der Waals surface area contributed by atoms with E-state index >= 15 is 0 Å². The van der Waals surface area contributed by atoms with Crippen molar-refractivity contribution in [2.45, 2.75) is 39.5 Å². The summed E-state index contributed by atoms with van der Waals surface area (Å²) in [5.74, 6) is 0.831. The number of hydrazine groups is 1. The van der Waals surface area contributed by atoms with E-state index in [1.54, 1.807) is 0 Å². The van der Waals surface area contributed by atoms with Gasteiger partial charge < -0.3 is 14.9 Å². The third kappa shape index (κ3) is 4.98. The molecule has 8 heteroatoms. The van der Waals surface area contributed by atoms with Crippen LogP contribution >= 0.6 is 0 Å². The molecule has 3 aliphatic rings. The molecule has 2 aromatic rings. The Morgan fingerprint density at radius 2 is 2.03 bits per heavy atom. The molecular formula is C28H37N5O3. The van der Waals surface area contributed by atoms with E-state index in [1.807, 2.05) is 38.1 Å². The number of hydrogen-bond donors (Lipinski definition) is 2. The van der Waals surface area contributed by atoms with Crippen molar-refractivity contribution in [1.82, 2.24) is 25.5 Å². The number of morpholine rings is 1. The molecular weight excluding hydrogens is 454 g/mol. The molecule has 2 fully saturated rings. The molecule has 2 aliphatic heterocycles. The zero-order valence-electron chi connectivity index (χ0n) is 21.6. The van der Waals surface area contributed by atoms with Crippen LogP contribution < -0.4 is 10.2 Å². The molecule has 1 aromatic heterocycles. The van der Waals surface area contributed by atoms with Crippen molar-refractivity contribution in [3.63, 3.8) is 0 Å². The predicted molar refractivity (Wildman–Crippen MR) is 140 cm³/mol. The van der Waals surface area contributed by atoms with Crippen molar-refractivity contribution in [1.29, 1.82) is 0 Å². The molecule has 1 unspecified atom stereocenters. The number of fused-ring (bicyclic) bond motifs is 1. The Bertz CT molecular complexity index is 1160. The number of ether oxygens (including phenoxy) is 2. The van der Waals surface area contributed by atoms with Gasteiger partial charge in [-0.05, 0) is 69.6 Å². The van der Waals surface area contributed by atoms with E-state index in [1.165, 1.54) is 25.9 Å². The van der Waals surface area contributed by atoms with Gasteiger partial charge >= 0.3 is 0 Å². The second-order valence-corrected chi connectivity index (χ2v) is 9.83. The topological polar surface area (TPSA) is 82.7 Å². The average Bonchev–Trinajstić information content (AvgIpc) is 3.60. The van der Waals surface area contributed by atoms with E-state index < -0.39 is 0 Å². The molecule has 192 valence electrons. The second-order valence-electron chi connectivity index (χ2n) is 9.83. The normalized spacial score (nSPS) is 22.4. The molecule has 0 spiro atoms. The van der Waals surface area contributed by atoms with Crippen LogP contribution in [-0.2, 0) is 4.74 Å². The van der Waals surface area contributed by atoms with Crippen LogP contribution in [0.1, 0.15) is 54.2 Å². The fourth-order valence-corrected chi connectivity index (χ4v) is 5.39. The monoisotopic (exact) mass is 491 g/mol. The standard InChI is InChI=1S/C28H37N5O3/c1-4-7-22(31-33-13-15-35-16-14-33)24-20(3)26-25(28(24)34)27(30-29-26)21-8-9-23(19(2)18-21)36-17-12-32-10-5-6-11-32/h4,7-9,18,20,31H,5-6,10-17H2,1-3H3,(H,29,30)/b7-4-,24-22-. The summed E-state index contributed by atoms with van der Waals surface area (Å²) in [7, 11) is 0. The van der Waals surface area contributed by atoms with E-state index in [0.29, 0.717) is 31.1 Å². The molecule has 1 aromatic carbocycles. The number of aryl methyl sites for hydroxylation is 1. The van der Waals surface area contributed by atoms with Crippen LogP contribution in [0.15, 0.2) is 41.6 Å². The summed E-state index contributed by atoms with van der Waals surface area (Å²) in [6, 6.07) is 6.08. The number of nitrogens with one attached hydrogen (secondary N) is 2. The van der Waals surface area contributed by atoms with E-state index in [2.05, 4.69) is 38.5 Å². The van der Waals surface area contributed by atoms with E-state index in [9.17, 15) is 4.79 Å². The molecule has 0 radical (unpaired) electrons. The lowest BCUT2D eigenvalue weighted by Crippen LogP contribution is -2.45. The van der Waals surface area contributed by atoms with Gasteiger partial charge in [-0.2, -0.15) is 5.10 Å². The zero-order valence-corrected chi connectivity index (χ0v) is 21.6. The number of aromatic amines is 1. The van der Waals surface area contributed by atoms with Crippen molar-refractivity contribution < 1.29 is 14.3 Å². The molecule has 2 N–H and O–H groups in total. The minimum absolute atomic E-state index is 0.0266. The number of nitrogens with zero attached hydrogens (tertiary/aromatic N) is 3. The third-order valence-electron chi connectivity index (χ3n) is 7.36. The van der Waals surface area contributed by atoms with Gasteiger partial charge in [0.2, 0.25) is 0 Å². The molecule has 1 atom stereocenters. The van der Waals surface area contributed by atoms with Crippen LogP contribution in [0.4, 0.5) is 0 Å². The first-order valence-electron chi connectivity index (χ1n) is 13.1. The largest absolute Gasteiger partial charge is 0.492 e. The van der Waals surface area contributed by atoms with E-state index in [0.717, 1.165) is 53.5 Å². The molecule has 3 heterocycles. The summed E-state index contributed by atoms with van der Waals surface area (Å²) in [5.41, 5.74) is 9.29. The van der Waals surface area contributed by atoms with E-state index in [-0.39, 0.29) is 11.7 Å². The number of benzene rings is 1. The predicted octanol–water partition coefficient (Wildman–Crippen LogP) is 3.83. The summed E-state index contributed by atoms with van der Waals surface area (Å²) in [6.07, 6.45) is 6.52. The van der Waals surface area contributed by atoms with Gasteiger partial charge in [0.25, 0.3) is 0 Å². The summed E-state index contributed by atoms with van der Waals surface area (Å²) in [6.45, 7) is 13.0. The van der Waals surface area contributed by atoms with Crippen LogP contribution in [0.3, 0.4) is 0 Å². The number of likely N-dealkylation sites (tertiary alicyclic amines) is 1. The summed E-state index contributed by atoms with van der Waals surface area (Å²) < 4.78 is 11.5. The van der Waals surface area contributed by atoms with Gasteiger partial charge in [-0.1, -0.05) is 13.0 Å². The molecule has 5 rings (SSSR count). The summed E-state index contributed by atoms with van der Waals surface area (Å²) in [4.78, 5) is 16.2. The lowest BCUT2D eigenvalue weighted by atomic mass is 10.00. The zero-order chi connectivity index (χ0) is 25.1. The van der Waals surface area contributed by atoms with Crippen LogP contribution in [0.2, 0.25) is 0 Å². The molecule has 0 amide bonds. The van der Waals surface area contributed by atoms with Gasteiger partial charge in [-0.3, -0.25) is 14.8 Å². The minimum Gasteiger partial charge on any atom is -0.492 e. The van der Waals surface area contributed by atoms with Gasteiger partial charge in [0.1, 0.15) is 18.1 Å². The number of hydrogen-bond acceptors (Lipinski definition) is 7. The number of Topliss-reactive ketones (excluding diaryl/α,β-unsaturated/α-hetero) is 1. The maximum absolute atomic E-state index is 13.8. The first kappa shape index (κ1) is 24.7. The van der Waals surface area contributed by atoms with E-state index in [4.69, 9.17) is 9.47 Å². The van der Waals surface area contributed by atoms with Crippen LogP contribution in [-0.4, -0.2) is 78.4 Å². The number of ketones is 1. The quantitative estimate of drug-likeness (QED) is 0.543. The number of allylic oxidation sites excluding steroid dienone is 3. The van der Waals surface area contributed by atoms with Gasteiger partial charge in [0.05, 0.1) is 30.2 Å². The third-order valence-corrected chi connectivity index (χ3v) is 7.36. The van der Waals surface area contributed by atoms with Crippen molar-refractivity contribution in [2.24, 2.45) is 0 Å². The Morgan fingerprint density at radius 3 is 2.75 bits per heavy atom. The summed E-state index contributed by atoms with van der Waals surface area (Å²) >= 11 is 0. The highest BCUT2D eigenvalue weighted by Gasteiger charge is 2.39. The first-order chi connectivity index (χ1) is 17.6. The maximum atomic E-state index is 13.8. The Kier molecular flexibility index (Phi) is 7.55. The smallest absolute Gasteiger partial charge is 0.195 e. The lowest BCUT2D eigenvalue weighted by Gasteiger charge is -2.29. The first-order valence-corrected chi connectivity index (χ1v) is 13.1. The molecule has 8 nitrogen and oxygen atoms in total. The molecule has 1 aliphatic carbocycles. The highest BCUT2D eigenvalue weighted by Crippen LogP contribution is 2.42. The van der Waals surface area contributed by atoms with Crippen molar-refractivity contribution in [3.8, 4) is 17.0 Å². The maximum Gasteiger partial charge on any atom is 0.195 e. The Labute approximate surface area is 213 Å². The number of rotatable bonds is 8. The molecule has 0 bridgehead atoms. The molecule has 2 saturated heterocycles. The van der Waals surface area contributed by atoms with Crippen molar-refractivity contribution in [2.75, 3.05) is 52.5 Å². The van der Waals surface area contributed by atoms with Crippen molar-refractivity contribution >= 4 is 5.78 Å². The van der Waals surface area contributed by atoms with Gasteiger partial charge in [0, 0.05) is 36.7 Å². The van der Waals surface area contributed by atoms with Gasteiger partial charge in [-0.25, -0.2) is 5.01 Å². The van der Waals surface area contributed by atoms with Crippen LogP contribution in [0.25, 0.3) is 11.3 Å².